The Bertz CT molecular complexity index is 1790. The van der Waals surface area contributed by atoms with Gasteiger partial charge in [-0.25, -0.2) is 15.0 Å². The van der Waals surface area contributed by atoms with Crippen LogP contribution in [0.5, 0.6) is 0 Å². The van der Waals surface area contributed by atoms with E-state index in [1.54, 1.807) is 48.5 Å². The van der Waals surface area contributed by atoms with Gasteiger partial charge in [-0.3, -0.25) is 28.5 Å². The lowest BCUT2D eigenvalue weighted by molar-refractivity contribution is -0.151. The topological polar surface area (TPSA) is 167 Å². The lowest BCUT2D eigenvalue weighted by atomic mass is 10.1. The van der Waals surface area contributed by atoms with E-state index in [4.69, 9.17) is 25.2 Å². The van der Waals surface area contributed by atoms with E-state index in [1.807, 2.05) is 12.1 Å². The van der Waals surface area contributed by atoms with E-state index in [2.05, 4.69) is 21.1 Å². The predicted molar refractivity (Wildman–Crippen MR) is 177 cm³/mol. The van der Waals surface area contributed by atoms with E-state index in [9.17, 15) is 23.7 Å². The van der Waals surface area contributed by atoms with Crippen LogP contribution in [0.3, 0.4) is 0 Å². The molecule has 2 atom stereocenters. The third-order valence-corrected chi connectivity index (χ3v) is 9.49. The van der Waals surface area contributed by atoms with Crippen molar-refractivity contribution in [3.8, 4) is 12.3 Å². The van der Waals surface area contributed by atoms with Crippen molar-refractivity contribution in [1.29, 1.82) is 0 Å². The second-order valence-electron chi connectivity index (χ2n) is 12.3. The molecule has 13 nitrogen and oxygen atoms in total. The van der Waals surface area contributed by atoms with E-state index in [-0.39, 0.29) is 18.8 Å². The number of aryl methyl sites for hydroxylation is 1. The number of terminal acetylenes is 1. The number of nitrogens with zero attached hydrogens (tertiary/aromatic N) is 1. The SMILES string of the molecule is C#C[C@@]1(COP(=O)(NC(C)(C)C(=O)OCc2ccccc2)NC(C)(C)C(=O)OCc2ccccc2)C=C[C@H](n2cc(C)c(=O)[nH]c2=O)O1. The lowest BCUT2D eigenvalue weighted by Gasteiger charge is -2.35. The summed E-state index contributed by atoms with van der Waals surface area (Å²) in [6, 6.07) is 18.0. The molecule has 1 aromatic heterocycles. The number of aromatic nitrogens is 2. The zero-order valence-corrected chi connectivity index (χ0v) is 28.2. The van der Waals surface area contributed by atoms with Gasteiger partial charge in [0.1, 0.15) is 30.9 Å². The number of rotatable bonds is 14. The summed E-state index contributed by atoms with van der Waals surface area (Å²) in [5.41, 5.74) is -4.37. The van der Waals surface area contributed by atoms with Crippen molar-refractivity contribution >= 4 is 19.6 Å². The molecule has 0 amide bonds. The number of benzene rings is 2. The molecule has 0 bridgehead atoms. The molecule has 0 radical (unpaired) electrons. The maximum absolute atomic E-state index is 14.6. The fourth-order valence-electron chi connectivity index (χ4n) is 4.58. The summed E-state index contributed by atoms with van der Waals surface area (Å²) in [6.07, 6.45) is 9.08. The highest BCUT2D eigenvalue weighted by Crippen LogP contribution is 2.45. The highest BCUT2D eigenvalue weighted by molar-refractivity contribution is 7.54. The molecule has 4 rings (SSSR count). The van der Waals surface area contributed by atoms with Gasteiger partial charge in [-0.1, -0.05) is 66.6 Å². The molecule has 48 heavy (non-hydrogen) atoms. The molecule has 0 aliphatic carbocycles. The monoisotopic (exact) mass is 678 g/mol. The molecule has 0 saturated carbocycles. The van der Waals surface area contributed by atoms with Crippen LogP contribution in [0.2, 0.25) is 0 Å². The van der Waals surface area contributed by atoms with E-state index in [0.29, 0.717) is 0 Å². The van der Waals surface area contributed by atoms with Crippen molar-refractivity contribution in [2.24, 2.45) is 0 Å². The Morgan fingerprint density at radius 1 is 0.958 bits per heavy atom. The van der Waals surface area contributed by atoms with Crippen molar-refractivity contribution in [3.63, 3.8) is 0 Å². The Morgan fingerprint density at radius 2 is 1.46 bits per heavy atom. The molecule has 0 spiro atoms. The fraction of sp³-hybridized carbons (Fsp3) is 0.353. The number of hydrogen-bond donors (Lipinski definition) is 3. The van der Waals surface area contributed by atoms with E-state index in [0.717, 1.165) is 15.7 Å². The molecule has 3 N–H and O–H groups in total. The number of aromatic amines is 1. The van der Waals surface area contributed by atoms with Gasteiger partial charge < -0.3 is 18.7 Å². The second kappa shape index (κ2) is 14.7. The van der Waals surface area contributed by atoms with Crippen LogP contribution in [0.25, 0.3) is 0 Å². The minimum Gasteiger partial charge on any atom is -0.459 e. The van der Waals surface area contributed by atoms with Gasteiger partial charge in [0.2, 0.25) is 0 Å². The molecule has 1 aliphatic rings. The van der Waals surface area contributed by atoms with Gasteiger partial charge >= 0.3 is 25.3 Å². The molecule has 3 aromatic rings. The minimum atomic E-state index is -4.41. The van der Waals surface area contributed by atoms with E-state index >= 15 is 0 Å². The van der Waals surface area contributed by atoms with Crippen molar-refractivity contribution in [2.75, 3.05) is 6.61 Å². The van der Waals surface area contributed by atoms with Gasteiger partial charge in [-0.2, -0.15) is 0 Å². The maximum Gasteiger partial charge on any atom is 0.342 e. The first-order chi connectivity index (χ1) is 22.6. The molecule has 2 heterocycles. The zero-order valence-electron chi connectivity index (χ0n) is 27.4. The van der Waals surface area contributed by atoms with Gasteiger partial charge in [-0.05, 0) is 57.9 Å². The largest absolute Gasteiger partial charge is 0.459 e. The number of nitrogens with one attached hydrogen (secondary N) is 3. The number of carbonyl (C=O) groups is 2. The fourth-order valence-corrected chi connectivity index (χ4v) is 6.79. The van der Waals surface area contributed by atoms with Crippen LogP contribution in [-0.2, 0) is 46.1 Å². The average Bonchev–Trinajstić information content (AvgIpc) is 3.48. The van der Waals surface area contributed by atoms with Crippen molar-refractivity contribution in [2.45, 2.75) is 70.7 Å². The summed E-state index contributed by atoms with van der Waals surface area (Å²) >= 11 is 0. The Labute approximate surface area is 278 Å². The van der Waals surface area contributed by atoms with Crippen LogP contribution >= 0.6 is 7.67 Å². The van der Waals surface area contributed by atoms with Crippen LogP contribution in [0.1, 0.15) is 50.6 Å². The smallest absolute Gasteiger partial charge is 0.342 e. The van der Waals surface area contributed by atoms with Crippen molar-refractivity contribution < 1.29 is 32.9 Å². The minimum absolute atomic E-state index is 0.0372. The number of esters is 2. The van der Waals surface area contributed by atoms with Crippen LogP contribution in [0.4, 0.5) is 0 Å². The molecule has 0 saturated heterocycles. The van der Waals surface area contributed by atoms with Crippen LogP contribution in [0.15, 0.2) is 88.6 Å². The molecule has 1 aliphatic heterocycles. The Morgan fingerprint density at radius 3 is 1.94 bits per heavy atom. The first-order valence-corrected chi connectivity index (χ1v) is 16.6. The summed E-state index contributed by atoms with van der Waals surface area (Å²) in [5, 5.41) is 5.44. The Balaban J connectivity index is 1.55. The lowest BCUT2D eigenvalue weighted by Crippen LogP contribution is -2.54. The van der Waals surface area contributed by atoms with Gasteiger partial charge in [0.15, 0.2) is 11.8 Å². The Hall–Kier alpha value is -4.57. The second-order valence-corrected chi connectivity index (χ2v) is 14.1. The summed E-state index contributed by atoms with van der Waals surface area (Å²) in [6.45, 7) is 6.69. The first kappa shape index (κ1) is 36.3. The molecular formula is C34H39N4O9P. The molecule has 0 unspecified atom stereocenters. The molecule has 254 valence electrons. The highest BCUT2D eigenvalue weighted by atomic mass is 31.2. The molecule has 2 aromatic carbocycles. The van der Waals surface area contributed by atoms with Crippen LogP contribution in [0, 0.1) is 19.3 Å². The molecule has 0 fully saturated rings. The van der Waals surface area contributed by atoms with Crippen LogP contribution in [-0.4, -0.2) is 44.8 Å². The summed E-state index contributed by atoms with van der Waals surface area (Å²) in [7, 11) is -4.41. The zero-order chi connectivity index (χ0) is 35.2. The first-order valence-electron chi connectivity index (χ1n) is 15.0. The quantitative estimate of drug-likeness (QED) is 0.0986. The van der Waals surface area contributed by atoms with Gasteiger partial charge in [0.25, 0.3) is 5.56 Å². The number of carbonyl (C=O) groups excluding carboxylic acids is 2. The van der Waals surface area contributed by atoms with Gasteiger partial charge in [0, 0.05) is 11.8 Å². The third-order valence-electron chi connectivity index (χ3n) is 7.29. The normalized spacial score (nSPS) is 17.9. The van der Waals surface area contributed by atoms with Crippen LogP contribution < -0.4 is 21.4 Å². The van der Waals surface area contributed by atoms with E-state index in [1.165, 1.54) is 53.0 Å². The molecular weight excluding hydrogens is 639 g/mol. The predicted octanol–water partition coefficient (Wildman–Crippen LogP) is 3.65. The number of ether oxygens (including phenoxy) is 3. The average molecular weight is 679 g/mol. The van der Waals surface area contributed by atoms with Gasteiger partial charge in [-0.15, -0.1) is 6.42 Å². The standard InChI is InChI=1S/C34H39N4O9P/c1-7-34(19-18-27(47-34)38-20-24(2)28(39)35-31(38)42)23-46-48(43,36-32(3,4)29(40)44-21-25-14-10-8-11-15-25)37-33(5,6)30(41)45-22-26-16-12-9-13-17-26/h1,8-20,27H,21-23H2,2-6H3,(H,35,39,42)(H2,36,37,43)/t27-,34+/m1/s1. The Kier molecular flexibility index (Phi) is 11.1. The molecule has 14 heteroatoms. The summed E-state index contributed by atoms with van der Waals surface area (Å²) in [5.74, 6) is 0.958. The maximum atomic E-state index is 14.6. The van der Waals surface area contributed by atoms with Crippen molar-refractivity contribution in [3.05, 3.63) is 117 Å². The summed E-state index contributed by atoms with van der Waals surface area (Å²) < 4.78 is 38.6. The number of H-pyrrole nitrogens is 1. The third kappa shape index (κ3) is 9.07. The van der Waals surface area contributed by atoms with E-state index < -0.39 is 60.4 Å². The van der Waals surface area contributed by atoms with Gasteiger partial charge in [0.05, 0.1) is 0 Å². The number of hydrogen-bond acceptors (Lipinski definition) is 9. The highest BCUT2D eigenvalue weighted by Gasteiger charge is 2.46. The van der Waals surface area contributed by atoms with Crippen molar-refractivity contribution in [1.82, 2.24) is 19.7 Å². The summed E-state index contributed by atoms with van der Waals surface area (Å²) in [4.78, 5) is 53.0.